The predicted molar refractivity (Wildman–Crippen MR) is 82.6 cm³/mol. The van der Waals surface area contributed by atoms with Crippen molar-refractivity contribution in [2.75, 3.05) is 6.61 Å². The number of hydrogen-bond donors (Lipinski definition) is 1. The summed E-state index contributed by atoms with van der Waals surface area (Å²) in [6.45, 7) is 1.78. The lowest BCUT2D eigenvalue weighted by Gasteiger charge is -2.14. The number of benzene rings is 2. The molecule has 21 heavy (non-hydrogen) atoms. The normalized spacial score (nSPS) is 11.8. The fourth-order valence-electron chi connectivity index (χ4n) is 1.80. The molecule has 0 heterocycles. The van der Waals surface area contributed by atoms with E-state index in [9.17, 15) is 9.18 Å². The van der Waals surface area contributed by atoms with Crippen LogP contribution in [0.15, 0.2) is 53.0 Å². The maximum absolute atomic E-state index is 12.8. The highest BCUT2D eigenvalue weighted by atomic mass is 79.9. The van der Waals surface area contributed by atoms with E-state index in [2.05, 4.69) is 21.2 Å². The van der Waals surface area contributed by atoms with E-state index in [1.165, 1.54) is 12.1 Å². The maximum atomic E-state index is 12.8. The van der Waals surface area contributed by atoms with E-state index in [1.807, 2.05) is 19.1 Å². The number of rotatable bonds is 5. The van der Waals surface area contributed by atoms with E-state index in [4.69, 9.17) is 4.74 Å². The van der Waals surface area contributed by atoms with Gasteiger partial charge in [0, 0.05) is 4.47 Å². The highest BCUT2D eigenvalue weighted by Crippen LogP contribution is 2.16. The summed E-state index contributed by atoms with van der Waals surface area (Å²) in [6, 6.07) is 13.1. The molecule has 5 heteroatoms. The number of hydrogen-bond acceptors (Lipinski definition) is 2. The molecule has 2 aromatic rings. The Morgan fingerprint density at radius 1 is 1.19 bits per heavy atom. The van der Waals surface area contributed by atoms with Gasteiger partial charge in [-0.3, -0.25) is 4.79 Å². The molecule has 0 fully saturated rings. The van der Waals surface area contributed by atoms with Crippen molar-refractivity contribution in [3.05, 3.63) is 64.4 Å². The smallest absolute Gasteiger partial charge is 0.258 e. The first-order valence-electron chi connectivity index (χ1n) is 6.48. The molecule has 110 valence electrons. The zero-order chi connectivity index (χ0) is 15.2. The van der Waals surface area contributed by atoms with Gasteiger partial charge in [0.25, 0.3) is 5.91 Å². The van der Waals surface area contributed by atoms with E-state index in [0.29, 0.717) is 5.75 Å². The molecular formula is C16H15BrFNO2. The van der Waals surface area contributed by atoms with Crippen molar-refractivity contribution in [1.82, 2.24) is 5.32 Å². The number of carbonyl (C=O) groups excluding carboxylic acids is 1. The van der Waals surface area contributed by atoms with Gasteiger partial charge >= 0.3 is 0 Å². The molecule has 2 aromatic carbocycles. The van der Waals surface area contributed by atoms with Crippen molar-refractivity contribution in [2.24, 2.45) is 0 Å². The third-order valence-electron chi connectivity index (χ3n) is 2.93. The molecule has 0 radical (unpaired) electrons. The summed E-state index contributed by atoms with van der Waals surface area (Å²) >= 11 is 3.33. The molecular weight excluding hydrogens is 337 g/mol. The van der Waals surface area contributed by atoms with Crippen LogP contribution in [-0.2, 0) is 4.79 Å². The van der Waals surface area contributed by atoms with Gasteiger partial charge in [0.2, 0.25) is 0 Å². The molecule has 0 unspecified atom stereocenters. The lowest BCUT2D eigenvalue weighted by molar-refractivity contribution is -0.123. The summed E-state index contributed by atoms with van der Waals surface area (Å²) in [4.78, 5) is 11.8. The van der Waals surface area contributed by atoms with E-state index >= 15 is 0 Å². The van der Waals surface area contributed by atoms with Crippen molar-refractivity contribution < 1.29 is 13.9 Å². The molecule has 1 N–H and O–H groups in total. The fourth-order valence-corrected chi connectivity index (χ4v) is 2.06. The average molecular weight is 352 g/mol. The van der Waals surface area contributed by atoms with Gasteiger partial charge in [0.15, 0.2) is 6.61 Å². The molecule has 1 amide bonds. The number of nitrogens with one attached hydrogen (secondary N) is 1. The zero-order valence-corrected chi connectivity index (χ0v) is 13.1. The molecule has 0 spiro atoms. The summed E-state index contributed by atoms with van der Waals surface area (Å²) in [5, 5.41) is 2.80. The van der Waals surface area contributed by atoms with Gasteiger partial charge in [0.05, 0.1) is 6.04 Å². The summed E-state index contributed by atoms with van der Waals surface area (Å²) in [5.74, 6) is 0.105. The Morgan fingerprint density at radius 3 is 2.43 bits per heavy atom. The average Bonchev–Trinajstić information content (AvgIpc) is 2.47. The van der Waals surface area contributed by atoms with Gasteiger partial charge in [-0.05, 0) is 48.9 Å². The van der Waals surface area contributed by atoms with Gasteiger partial charge in [-0.1, -0.05) is 28.1 Å². The van der Waals surface area contributed by atoms with Crippen LogP contribution in [0.5, 0.6) is 5.75 Å². The Balaban J connectivity index is 1.83. The van der Waals surface area contributed by atoms with Gasteiger partial charge in [-0.15, -0.1) is 0 Å². The minimum absolute atomic E-state index is 0.0623. The van der Waals surface area contributed by atoms with Gasteiger partial charge in [-0.25, -0.2) is 4.39 Å². The van der Waals surface area contributed by atoms with Crippen LogP contribution in [0.4, 0.5) is 4.39 Å². The van der Waals surface area contributed by atoms with Gasteiger partial charge in [-0.2, -0.15) is 0 Å². The van der Waals surface area contributed by atoms with Crippen LogP contribution in [-0.4, -0.2) is 12.5 Å². The third kappa shape index (κ3) is 4.86. The first-order chi connectivity index (χ1) is 10.0. The minimum atomic E-state index is -0.296. The lowest BCUT2D eigenvalue weighted by atomic mass is 10.1. The molecule has 0 bridgehead atoms. The molecule has 1 atom stereocenters. The second kappa shape index (κ2) is 7.22. The second-order valence-corrected chi connectivity index (χ2v) is 5.50. The monoisotopic (exact) mass is 351 g/mol. The van der Waals surface area contributed by atoms with Crippen LogP contribution in [0.25, 0.3) is 0 Å². The number of ether oxygens (including phenoxy) is 1. The third-order valence-corrected chi connectivity index (χ3v) is 3.46. The molecule has 0 saturated carbocycles. The van der Waals surface area contributed by atoms with E-state index in [1.54, 1.807) is 24.3 Å². The Morgan fingerprint density at radius 2 is 1.81 bits per heavy atom. The maximum Gasteiger partial charge on any atom is 0.258 e. The molecule has 0 aliphatic carbocycles. The van der Waals surface area contributed by atoms with Crippen molar-refractivity contribution in [3.8, 4) is 5.75 Å². The SMILES string of the molecule is C[C@@H](NC(=O)COc1ccc(Br)cc1)c1ccc(F)cc1. The molecule has 2 rings (SSSR count). The first kappa shape index (κ1) is 15.5. The van der Waals surface area contributed by atoms with Gasteiger partial charge < -0.3 is 10.1 Å². The largest absolute Gasteiger partial charge is 0.484 e. The first-order valence-corrected chi connectivity index (χ1v) is 7.27. The summed E-state index contributed by atoms with van der Waals surface area (Å²) < 4.78 is 19.2. The summed E-state index contributed by atoms with van der Waals surface area (Å²) in [5.41, 5.74) is 0.841. The quantitative estimate of drug-likeness (QED) is 0.888. The van der Waals surface area contributed by atoms with E-state index in [0.717, 1.165) is 10.0 Å². The molecule has 0 saturated heterocycles. The summed E-state index contributed by atoms with van der Waals surface area (Å²) in [7, 11) is 0. The van der Waals surface area contributed by atoms with Crippen LogP contribution >= 0.6 is 15.9 Å². The lowest BCUT2D eigenvalue weighted by Crippen LogP contribution is -2.31. The highest BCUT2D eigenvalue weighted by Gasteiger charge is 2.10. The minimum Gasteiger partial charge on any atom is -0.484 e. The van der Waals surface area contributed by atoms with Crippen LogP contribution in [0.3, 0.4) is 0 Å². The molecule has 0 aromatic heterocycles. The van der Waals surface area contributed by atoms with Crippen molar-refractivity contribution in [1.29, 1.82) is 0 Å². The Labute approximate surface area is 131 Å². The van der Waals surface area contributed by atoms with Gasteiger partial charge in [0.1, 0.15) is 11.6 Å². The number of carbonyl (C=O) groups is 1. The predicted octanol–water partition coefficient (Wildman–Crippen LogP) is 3.84. The van der Waals surface area contributed by atoms with Crippen molar-refractivity contribution >= 4 is 21.8 Å². The fraction of sp³-hybridized carbons (Fsp3) is 0.188. The van der Waals surface area contributed by atoms with Crippen LogP contribution in [0.1, 0.15) is 18.5 Å². The van der Waals surface area contributed by atoms with E-state index < -0.39 is 0 Å². The Bertz CT molecular complexity index is 599. The zero-order valence-electron chi connectivity index (χ0n) is 11.5. The highest BCUT2D eigenvalue weighted by molar-refractivity contribution is 9.10. The Hall–Kier alpha value is -1.88. The van der Waals surface area contributed by atoms with Crippen LogP contribution in [0.2, 0.25) is 0 Å². The molecule has 3 nitrogen and oxygen atoms in total. The standard InChI is InChI=1S/C16H15BrFNO2/c1-11(12-2-6-14(18)7-3-12)19-16(20)10-21-15-8-4-13(17)5-9-15/h2-9,11H,10H2,1H3,(H,19,20)/t11-/m1/s1. The number of halogens is 2. The van der Waals surface area contributed by atoms with Crippen molar-refractivity contribution in [3.63, 3.8) is 0 Å². The number of amides is 1. The second-order valence-electron chi connectivity index (χ2n) is 4.58. The van der Waals surface area contributed by atoms with Crippen molar-refractivity contribution in [2.45, 2.75) is 13.0 Å². The van der Waals surface area contributed by atoms with E-state index in [-0.39, 0.29) is 24.4 Å². The van der Waals surface area contributed by atoms with Crippen LogP contribution < -0.4 is 10.1 Å². The molecule has 0 aliphatic rings. The Kier molecular flexibility index (Phi) is 5.33. The van der Waals surface area contributed by atoms with Crippen LogP contribution in [0, 0.1) is 5.82 Å². The summed E-state index contributed by atoms with van der Waals surface area (Å²) in [6.07, 6.45) is 0. The topological polar surface area (TPSA) is 38.3 Å². The molecule has 0 aliphatic heterocycles.